The maximum Gasteiger partial charge on any atom is 0.258 e. The van der Waals surface area contributed by atoms with Gasteiger partial charge in [-0.2, -0.15) is 0 Å². The summed E-state index contributed by atoms with van der Waals surface area (Å²) in [6, 6.07) is 15.0. The number of aromatic nitrogens is 1. The number of anilines is 1. The van der Waals surface area contributed by atoms with Crippen LogP contribution in [-0.2, 0) is 10.0 Å². The van der Waals surface area contributed by atoms with Gasteiger partial charge in [-0.15, -0.1) is 0 Å². The van der Waals surface area contributed by atoms with E-state index < -0.39 is 15.9 Å². The summed E-state index contributed by atoms with van der Waals surface area (Å²) < 4.78 is 23.4. The molecule has 0 unspecified atom stereocenters. The van der Waals surface area contributed by atoms with E-state index in [-0.39, 0.29) is 4.90 Å². The summed E-state index contributed by atoms with van der Waals surface area (Å²) in [7, 11) is -3.89. The van der Waals surface area contributed by atoms with E-state index in [9.17, 15) is 13.2 Å². The minimum absolute atomic E-state index is 0.0350. The van der Waals surface area contributed by atoms with Crippen molar-refractivity contribution in [3.8, 4) is 0 Å². The fourth-order valence-corrected chi connectivity index (χ4v) is 4.26. The molecule has 0 spiro atoms. The number of amides is 1. The van der Waals surface area contributed by atoms with Crippen molar-refractivity contribution in [1.29, 1.82) is 0 Å². The summed E-state index contributed by atoms with van der Waals surface area (Å²) >= 11 is 7.23. The van der Waals surface area contributed by atoms with E-state index in [4.69, 9.17) is 16.7 Å². The molecule has 144 valence electrons. The lowest BCUT2D eigenvalue weighted by molar-refractivity contribution is 0.102. The van der Waals surface area contributed by atoms with Crippen molar-refractivity contribution in [1.82, 2.24) is 4.98 Å². The second-order valence-corrected chi connectivity index (χ2v) is 8.92. The lowest BCUT2D eigenvalue weighted by atomic mass is 10.2. The molecule has 3 aromatic rings. The first-order valence-corrected chi connectivity index (χ1v) is 10.8. The number of carbonyl (C=O) groups is 1. The van der Waals surface area contributed by atoms with E-state index in [0.29, 0.717) is 26.9 Å². The number of carbonyl (C=O) groups excluding carboxylic acids is 1. The Bertz CT molecular complexity index is 1130. The predicted molar refractivity (Wildman–Crippen MR) is 110 cm³/mol. The lowest BCUT2D eigenvalue weighted by Crippen LogP contribution is -2.16. The van der Waals surface area contributed by atoms with Crippen LogP contribution in [0.3, 0.4) is 0 Å². The van der Waals surface area contributed by atoms with Crippen LogP contribution in [0.4, 0.5) is 5.69 Å². The normalized spacial score (nSPS) is 11.2. The highest BCUT2D eigenvalue weighted by Gasteiger charge is 2.16. The molecule has 3 rings (SSSR count). The molecule has 0 bridgehead atoms. The molecule has 0 saturated carbocycles. The summed E-state index contributed by atoms with van der Waals surface area (Å²) in [6.45, 7) is 1.63. The fourth-order valence-electron chi connectivity index (χ4n) is 2.44. The monoisotopic (exact) mass is 433 g/mol. The zero-order valence-corrected chi connectivity index (χ0v) is 17.1. The van der Waals surface area contributed by atoms with Crippen molar-refractivity contribution in [3.63, 3.8) is 0 Å². The number of rotatable bonds is 5. The van der Waals surface area contributed by atoms with Gasteiger partial charge in [0.25, 0.3) is 5.91 Å². The molecule has 2 aromatic carbocycles. The molecule has 6 nitrogen and oxygen atoms in total. The fraction of sp³-hybridized carbons (Fsp3) is 0.0526. The zero-order chi connectivity index (χ0) is 20.3. The van der Waals surface area contributed by atoms with E-state index in [2.05, 4.69) is 10.3 Å². The number of nitrogens with one attached hydrogen (secondary N) is 1. The van der Waals surface area contributed by atoms with Crippen molar-refractivity contribution in [3.05, 3.63) is 76.9 Å². The van der Waals surface area contributed by atoms with Crippen molar-refractivity contribution in [2.24, 2.45) is 5.14 Å². The summed E-state index contributed by atoms with van der Waals surface area (Å²) in [4.78, 5) is 17.9. The number of halogens is 1. The van der Waals surface area contributed by atoms with E-state index in [1.165, 1.54) is 17.8 Å². The van der Waals surface area contributed by atoms with Crippen LogP contribution in [0, 0.1) is 6.92 Å². The quantitative estimate of drug-likeness (QED) is 0.630. The van der Waals surface area contributed by atoms with Gasteiger partial charge in [-0.05, 0) is 61.0 Å². The molecule has 0 fully saturated rings. The molecule has 0 aliphatic heterocycles. The van der Waals surface area contributed by atoms with Gasteiger partial charge in [-0.1, -0.05) is 29.4 Å². The van der Waals surface area contributed by atoms with Crippen molar-refractivity contribution >= 4 is 45.0 Å². The molecule has 0 aliphatic carbocycles. The van der Waals surface area contributed by atoms with Crippen molar-refractivity contribution < 1.29 is 13.2 Å². The van der Waals surface area contributed by atoms with Crippen molar-refractivity contribution in [2.75, 3.05) is 5.32 Å². The third-order valence-electron chi connectivity index (χ3n) is 3.80. The predicted octanol–water partition coefficient (Wildman–Crippen LogP) is 4.09. The number of nitrogens with two attached hydrogens (primary N) is 1. The first-order valence-electron chi connectivity index (χ1n) is 8.07. The molecule has 0 saturated heterocycles. The average molecular weight is 434 g/mol. The molecule has 9 heteroatoms. The minimum Gasteiger partial charge on any atom is -0.322 e. The van der Waals surface area contributed by atoms with Gasteiger partial charge in [0.2, 0.25) is 10.0 Å². The Morgan fingerprint density at radius 2 is 1.86 bits per heavy atom. The largest absolute Gasteiger partial charge is 0.322 e. The number of pyridine rings is 1. The van der Waals surface area contributed by atoms with Gasteiger partial charge in [-0.3, -0.25) is 4.79 Å². The highest BCUT2D eigenvalue weighted by molar-refractivity contribution is 7.99. The van der Waals surface area contributed by atoms with Gasteiger partial charge in [0, 0.05) is 21.8 Å². The number of benzene rings is 2. The Hall–Kier alpha value is -2.39. The molecular weight excluding hydrogens is 418 g/mol. The van der Waals surface area contributed by atoms with Gasteiger partial charge in [0.05, 0.1) is 10.5 Å². The van der Waals surface area contributed by atoms with Crippen LogP contribution in [-0.4, -0.2) is 19.3 Å². The van der Waals surface area contributed by atoms with Gasteiger partial charge in [0.15, 0.2) is 0 Å². The molecule has 1 aromatic heterocycles. The van der Waals surface area contributed by atoms with Crippen LogP contribution in [0.15, 0.2) is 75.6 Å². The summed E-state index contributed by atoms with van der Waals surface area (Å²) in [5.74, 6) is -0.409. The molecule has 28 heavy (non-hydrogen) atoms. The number of hydrogen-bond donors (Lipinski definition) is 2. The summed E-state index contributed by atoms with van der Waals surface area (Å²) in [5, 5.41) is 9.06. The van der Waals surface area contributed by atoms with E-state index >= 15 is 0 Å². The number of nitrogens with zero attached hydrogens (tertiary/aromatic N) is 1. The standard InChI is InChI=1S/C19H16ClN3O3S2/c1-12-4-7-14(11-17(12)28(21,25)26)23-18(24)16-3-2-10-22-19(16)27-15-8-5-13(20)6-9-15/h2-11H,1H3,(H,23,24)(H2,21,25,26). The minimum atomic E-state index is -3.89. The maximum absolute atomic E-state index is 12.8. The number of aryl methyl sites for hydroxylation is 1. The Balaban J connectivity index is 1.87. The summed E-state index contributed by atoms with van der Waals surface area (Å²) in [6.07, 6.45) is 1.60. The maximum atomic E-state index is 12.8. The molecule has 0 radical (unpaired) electrons. The van der Waals surface area contributed by atoms with E-state index in [0.717, 1.165) is 4.90 Å². The van der Waals surface area contributed by atoms with Crippen LogP contribution < -0.4 is 10.5 Å². The highest BCUT2D eigenvalue weighted by atomic mass is 35.5. The molecule has 1 heterocycles. The highest BCUT2D eigenvalue weighted by Crippen LogP contribution is 2.30. The lowest BCUT2D eigenvalue weighted by Gasteiger charge is -2.11. The van der Waals surface area contributed by atoms with Gasteiger partial charge >= 0.3 is 0 Å². The van der Waals surface area contributed by atoms with Crippen LogP contribution >= 0.6 is 23.4 Å². The Labute approximate surface area is 172 Å². The second kappa shape index (κ2) is 8.32. The first-order chi connectivity index (χ1) is 13.2. The van der Waals surface area contributed by atoms with Crippen LogP contribution in [0.25, 0.3) is 0 Å². The summed E-state index contributed by atoms with van der Waals surface area (Å²) in [5.41, 5.74) is 1.19. The topological polar surface area (TPSA) is 102 Å². The Kier molecular flexibility index (Phi) is 6.04. The van der Waals surface area contributed by atoms with Crippen LogP contribution in [0.2, 0.25) is 5.02 Å². The second-order valence-electron chi connectivity index (χ2n) is 5.89. The number of hydrogen-bond acceptors (Lipinski definition) is 5. The van der Waals surface area contributed by atoms with Gasteiger partial charge < -0.3 is 5.32 Å². The zero-order valence-electron chi connectivity index (χ0n) is 14.7. The van der Waals surface area contributed by atoms with Gasteiger partial charge in [-0.25, -0.2) is 18.5 Å². The third kappa shape index (κ3) is 4.90. The first kappa shape index (κ1) is 20.3. The SMILES string of the molecule is Cc1ccc(NC(=O)c2cccnc2Sc2ccc(Cl)cc2)cc1S(N)(=O)=O. The van der Waals surface area contributed by atoms with Gasteiger partial charge in [0.1, 0.15) is 5.03 Å². The Morgan fingerprint density at radius 1 is 1.14 bits per heavy atom. The molecule has 3 N–H and O–H groups in total. The smallest absolute Gasteiger partial charge is 0.258 e. The molecule has 0 atom stereocenters. The Morgan fingerprint density at radius 3 is 2.54 bits per heavy atom. The van der Waals surface area contributed by atoms with Crippen molar-refractivity contribution in [2.45, 2.75) is 21.7 Å². The van der Waals surface area contributed by atoms with E-state index in [1.807, 2.05) is 12.1 Å². The van der Waals surface area contributed by atoms with Crippen LogP contribution in [0.1, 0.15) is 15.9 Å². The van der Waals surface area contributed by atoms with E-state index in [1.54, 1.807) is 49.5 Å². The average Bonchev–Trinajstić information content (AvgIpc) is 2.64. The number of sulfonamides is 1. The molecule has 0 aliphatic rings. The molecular formula is C19H16ClN3O3S2. The number of primary sulfonamides is 1. The van der Waals surface area contributed by atoms with Crippen LogP contribution in [0.5, 0.6) is 0 Å². The molecule has 1 amide bonds. The third-order valence-corrected chi connectivity index (χ3v) is 6.13.